The molecule has 1 N–H and O–H groups in total. The summed E-state index contributed by atoms with van der Waals surface area (Å²) in [6, 6.07) is 11.2. The fraction of sp³-hybridized carbons (Fsp3) is 0.286. The first-order valence-electron chi connectivity index (χ1n) is 8.75. The first kappa shape index (κ1) is 18.6. The zero-order chi connectivity index (χ0) is 19.4. The molecule has 0 aliphatic heterocycles. The van der Waals surface area contributed by atoms with Gasteiger partial charge in [0.05, 0.1) is 25.0 Å². The van der Waals surface area contributed by atoms with Crippen LogP contribution in [0.15, 0.2) is 42.5 Å². The van der Waals surface area contributed by atoms with Crippen LogP contribution < -0.4 is 10.1 Å². The number of hydrogen-bond acceptors (Lipinski definition) is 5. The maximum Gasteiger partial charge on any atom is 0.337 e. The highest BCUT2D eigenvalue weighted by Gasteiger charge is 2.23. The molecule has 6 heteroatoms. The molecule has 1 aliphatic carbocycles. The first-order chi connectivity index (χ1) is 13.0. The Morgan fingerprint density at radius 2 is 1.78 bits per heavy atom. The lowest BCUT2D eigenvalue weighted by Gasteiger charge is -2.14. The summed E-state index contributed by atoms with van der Waals surface area (Å²) in [5.41, 5.74) is 1.50. The third-order valence-electron chi connectivity index (χ3n) is 4.35. The number of ketones is 1. The smallest absolute Gasteiger partial charge is 0.337 e. The van der Waals surface area contributed by atoms with Crippen LogP contribution in [0.4, 0.5) is 5.69 Å². The van der Waals surface area contributed by atoms with Crippen LogP contribution in [0.2, 0.25) is 0 Å². The largest absolute Gasteiger partial charge is 0.491 e. The topological polar surface area (TPSA) is 81.7 Å². The van der Waals surface area contributed by atoms with Crippen molar-refractivity contribution in [1.82, 2.24) is 0 Å². The number of amides is 1. The van der Waals surface area contributed by atoms with E-state index in [1.165, 1.54) is 20.1 Å². The van der Waals surface area contributed by atoms with E-state index >= 15 is 0 Å². The lowest BCUT2D eigenvalue weighted by atomic mass is 10.1. The van der Waals surface area contributed by atoms with Crippen LogP contribution in [0.1, 0.15) is 50.8 Å². The molecule has 1 saturated carbocycles. The molecular formula is C21H21NO5. The second-order valence-electron chi connectivity index (χ2n) is 6.55. The summed E-state index contributed by atoms with van der Waals surface area (Å²) < 4.78 is 10.5. The molecule has 0 aromatic heterocycles. The van der Waals surface area contributed by atoms with Crippen molar-refractivity contribution < 1.29 is 23.9 Å². The van der Waals surface area contributed by atoms with Crippen molar-refractivity contribution in [2.24, 2.45) is 5.92 Å². The molecular weight excluding hydrogens is 346 g/mol. The number of anilines is 1. The summed E-state index contributed by atoms with van der Waals surface area (Å²) in [5, 5.41) is 2.78. The number of hydrogen-bond donors (Lipinski definition) is 1. The Bertz CT molecular complexity index is 886. The van der Waals surface area contributed by atoms with Gasteiger partial charge in [0.15, 0.2) is 5.78 Å². The maximum absolute atomic E-state index is 12.7. The number of carbonyl (C=O) groups is 3. The summed E-state index contributed by atoms with van der Waals surface area (Å²) in [5.74, 6) is 0.0449. The molecule has 0 bridgehead atoms. The Kier molecular flexibility index (Phi) is 5.54. The van der Waals surface area contributed by atoms with Gasteiger partial charge in [-0.05, 0) is 62.1 Å². The number of carbonyl (C=O) groups excluding carboxylic acids is 3. The molecule has 1 amide bonds. The Hall–Kier alpha value is -3.15. The molecule has 0 atom stereocenters. The van der Waals surface area contributed by atoms with E-state index in [4.69, 9.17) is 4.74 Å². The van der Waals surface area contributed by atoms with Crippen LogP contribution in [-0.4, -0.2) is 31.4 Å². The minimum Gasteiger partial charge on any atom is -0.491 e. The summed E-state index contributed by atoms with van der Waals surface area (Å²) in [6.45, 7) is 2.05. The van der Waals surface area contributed by atoms with Crippen molar-refractivity contribution >= 4 is 23.3 Å². The second-order valence-corrected chi connectivity index (χ2v) is 6.55. The summed E-state index contributed by atoms with van der Waals surface area (Å²) in [7, 11) is 1.28. The average molecular weight is 367 g/mol. The van der Waals surface area contributed by atoms with Crippen LogP contribution in [0.25, 0.3) is 0 Å². The van der Waals surface area contributed by atoms with Gasteiger partial charge in [0.1, 0.15) is 5.75 Å². The number of esters is 1. The third-order valence-corrected chi connectivity index (χ3v) is 4.35. The summed E-state index contributed by atoms with van der Waals surface area (Å²) in [6.07, 6.45) is 2.29. The van der Waals surface area contributed by atoms with Gasteiger partial charge in [-0.25, -0.2) is 4.79 Å². The van der Waals surface area contributed by atoms with Crippen LogP contribution >= 0.6 is 0 Å². The van der Waals surface area contributed by atoms with Gasteiger partial charge in [0.2, 0.25) is 0 Å². The Morgan fingerprint density at radius 1 is 1.04 bits per heavy atom. The highest BCUT2D eigenvalue weighted by molar-refractivity contribution is 6.07. The van der Waals surface area contributed by atoms with Gasteiger partial charge in [-0.2, -0.15) is 0 Å². The fourth-order valence-corrected chi connectivity index (χ4v) is 2.56. The van der Waals surface area contributed by atoms with Crippen LogP contribution in [-0.2, 0) is 4.74 Å². The standard InChI is InChI=1S/C21H21NO5/c1-13(23)15-8-9-19(27-12-14-6-7-14)18(11-15)22-20(24)16-4-3-5-17(10-16)21(25)26-2/h3-5,8-11,14H,6-7,12H2,1-2H3,(H,22,24). The van der Waals surface area contributed by atoms with E-state index in [1.807, 2.05) is 0 Å². The number of benzene rings is 2. The molecule has 0 radical (unpaired) electrons. The molecule has 2 aromatic carbocycles. The van der Waals surface area contributed by atoms with E-state index in [0.29, 0.717) is 35.1 Å². The van der Waals surface area contributed by atoms with E-state index in [-0.39, 0.29) is 11.3 Å². The molecule has 6 nitrogen and oxygen atoms in total. The van der Waals surface area contributed by atoms with Gasteiger partial charge in [-0.3, -0.25) is 9.59 Å². The molecule has 27 heavy (non-hydrogen) atoms. The van der Waals surface area contributed by atoms with Gasteiger partial charge < -0.3 is 14.8 Å². The highest BCUT2D eigenvalue weighted by Crippen LogP contribution is 2.32. The lowest BCUT2D eigenvalue weighted by molar-refractivity contribution is 0.0600. The summed E-state index contributed by atoms with van der Waals surface area (Å²) >= 11 is 0. The number of Topliss-reactive ketones (excluding diaryl/α,β-unsaturated/α-hetero) is 1. The monoisotopic (exact) mass is 367 g/mol. The Morgan fingerprint density at radius 3 is 2.44 bits per heavy atom. The molecule has 0 saturated heterocycles. The number of nitrogens with one attached hydrogen (secondary N) is 1. The predicted molar refractivity (Wildman–Crippen MR) is 100 cm³/mol. The SMILES string of the molecule is COC(=O)c1cccc(C(=O)Nc2cc(C(C)=O)ccc2OCC2CC2)c1. The van der Waals surface area contributed by atoms with E-state index < -0.39 is 11.9 Å². The molecule has 1 fully saturated rings. The maximum atomic E-state index is 12.7. The molecule has 1 aliphatic rings. The molecule has 3 rings (SSSR count). The van der Waals surface area contributed by atoms with Crippen molar-refractivity contribution in [3.63, 3.8) is 0 Å². The van der Waals surface area contributed by atoms with Gasteiger partial charge in [0.25, 0.3) is 5.91 Å². The molecule has 140 valence electrons. The number of methoxy groups -OCH3 is 1. The zero-order valence-corrected chi connectivity index (χ0v) is 15.3. The minimum absolute atomic E-state index is 0.105. The van der Waals surface area contributed by atoms with E-state index in [1.54, 1.807) is 36.4 Å². The predicted octanol–water partition coefficient (Wildman–Crippen LogP) is 3.72. The van der Waals surface area contributed by atoms with E-state index in [9.17, 15) is 14.4 Å². The quantitative estimate of drug-likeness (QED) is 0.596. The lowest BCUT2D eigenvalue weighted by Crippen LogP contribution is -2.15. The van der Waals surface area contributed by atoms with Crippen molar-refractivity contribution in [2.75, 3.05) is 19.0 Å². The first-order valence-corrected chi connectivity index (χ1v) is 8.75. The highest BCUT2D eigenvalue weighted by atomic mass is 16.5. The van der Waals surface area contributed by atoms with E-state index in [2.05, 4.69) is 10.1 Å². The molecule has 0 spiro atoms. The van der Waals surface area contributed by atoms with Gasteiger partial charge in [-0.1, -0.05) is 6.07 Å². The Balaban J connectivity index is 1.83. The normalized spacial score (nSPS) is 13.0. The number of rotatable bonds is 7. The third kappa shape index (κ3) is 4.73. The minimum atomic E-state index is -0.517. The Labute approximate surface area is 157 Å². The fourth-order valence-electron chi connectivity index (χ4n) is 2.56. The molecule has 0 unspecified atom stereocenters. The van der Waals surface area contributed by atoms with Crippen molar-refractivity contribution in [1.29, 1.82) is 0 Å². The van der Waals surface area contributed by atoms with Gasteiger partial charge >= 0.3 is 5.97 Å². The second kappa shape index (κ2) is 8.03. The van der Waals surface area contributed by atoms with Crippen molar-refractivity contribution in [3.8, 4) is 5.75 Å². The van der Waals surface area contributed by atoms with Crippen LogP contribution in [0.3, 0.4) is 0 Å². The average Bonchev–Trinajstić information content (AvgIpc) is 3.50. The van der Waals surface area contributed by atoms with Crippen LogP contribution in [0.5, 0.6) is 5.75 Å². The summed E-state index contributed by atoms with van der Waals surface area (Å²) in [4.78, 5) is 36.0. The van der Waals surface area contributed by atoms with Crippen LogP contribution in [0, 0.1) is 5.92 Å². The molecule has 0 heterocycles. The zero-order valence-electron chi connectivity index (χ0n) is 15.3. The van der Waals surface area contributed by atoms with Gasteiger partial charge in [0, 0.05) is 11.1 Å². The number of ether oxygens (including phenoxy) is 2. The molecule has 2 aromatic rings. The van der Waals surface area contributed by atoms with Gasteiger partial charge in [-0.15, -0.1) is 0 Å². The van der Waals surface area contributed by atoms with Crippen molar-refractivity contribution in [2.45, 2.75) is 19.8 Å². The van der Waals surface area contributed by atoms with Crippen molar-refractivity contribution in [3.05, 3.63) is 59.2 Å². The van der Waals surface area contributed by atoms with E-state index in [0.717, 1.165) is 12.8 Å².